The van der Waals surface area contributed by atoms with Gasteiger partial charge in [0.2, 0.25) is 0 Å². The molecule has 180 valence electrons. The predicted octanol–water partition coefficient (Wildman–Crippen LogP) is 8.06. The molecule has 0 aliphatic rings. The Morgan fingerprint density at radius 3 is 1.94 bits per heavy atom. The van der Waals surface area contributed by atoms with E-state index in [1.165, 1.54) is 44.1 Å². The van der Waals surface area contributed by atoms with Crippen LogP contribution in [0.25, 0.3) is 22.5 Å². The summed E-state index contributed by atoms with van der Waals surface area (Å²) in [6.45, 7) is 6.39. The molecule has 0 spiro atoms. The first-order chi connectivity index (χ1) is 16.6. The molecule has 0 saturated heterocycles. The van der Waals surface area contributed by atoms with Gasteiger partial charge in [-0.3, -0.25) is 0 Å². The molecule has 1 atom stereocenters. The Kier molecular flexibility index (Phi) is 10.3. The standard InChI is InChI=1S/C30H38N2O2/c1-4-6-8-10-11-23(3)34-30(33)28-19-15-26(16-20-28)25-13-17-27(18-14-25)29-31-21-24(22-32-29)12-9-7-5-2/h13-23H,4-12H2,1-3H3/t23-/m1/s1. The molecule has 0 unspecified atom stereocenters. The van der Waals surface area contributed by atoms with Crippen LogP contribution in [0, 0.1) is 0 Å². The Bertz CT molecular complexity index is 995. The van der Waals surface area contributed by atoms with Gasteiger partial charge in [-0.25, -0.2) is 14.8 Å². The third kappa shape index (κ3) is 7.79. The van der Waals surface area contributed by atoms with Gasteiger partial charge in [-0.2, -0.15) is 0 Å². The summed E-state index contributed by atoms with van der Waals surface area (Å²) in [7, 11) is 0. The lowest BCUT2D eigenvalue weighted by Crippen LogP contribution is -2.15. The van der Waals surface area contributed by atoms with Gasteiger partial charge >= 0.3 is 5.97 Å². The van der Waals surface area contributed by atoms with E-state index in [1.807, 2.05) is 55.7 Å². The zero-order valence-corrected chi connectivity index (χ0v) is 20.9. The summed E-state index contributed by atoms with van der Waals surface area (Å²) in [5, 5.41) is 0. The van der Waals surface area contributed by atoms with E-state index in [1.54, 1.807) is 0 Å². The fourth-order valence-electron chi connectivity index (χ4n) is 3.99. The number of carbonyl (C=O) groups is 1. The molecule has 0 bridgehead atoms. The van der Waals surface area contributed by atoms with Gasteiger partial charge in [0.1, 0.15) is 0 Å². The zero-order chi connectivity index (χ0) is 24.2. The first-order valence-corrected chi connectivity index (χ1v) is 12.8. The largest absolute Gasteiger partial charge is 0.459 e. The van der Waals surface area contributed by atoms with E-state index in [2.05, 4.69) is 35.9 Å². The normalized spacial score (nSPS) is 11.9. The fraction of sp³-hybridized carbons (Fsp3) is 0.433. The molecule has 0 radical (unpaired) electrons. The van der Waals surface area contributed by atoms with Gasteiger partial charge in [0.15, 0.2) is 5.82 Å². The van der Waals surface area contributed by atoms with Gasteiger partial charge in [-0.1, -0.05) is 82.3 Å². The highest BCUT2D eigenvalue weighted by Gasteiger charge is 2.12. The first-order valence-electron chi connectivity index (χ1n) is 12.8. The summed E-state index contributed by atoms with van der Waals surface area (Å²) in [6.07, 6.45) is 14.2. The Labute approximate surface area is 204 Å². The van der Waals surface area contributed by atoms with Crippen molar-refractivity contribution >= 4 is 5.97 Å². The number of nitrogens with zero attached hydrogens (tertiary/aromatic N) is 2. The summed E-state index contributed by atoms with van der Waals surface area (Å²) >= 11 is 0. The van der Waals surface area contributed by atoms with E-state index < -0.39 is 0 Å². The van der Waals surface area contributed by atoms with Crippen molar-refractivity contribution in [2.45, 2.75) is 84.7 Å². The van der Waals surface area contributed by atoms with Crippen LogP contribution >= 0.6 is 0 Å². The van der Waals surface area contributed by atoms with E-state index in [0.29, 0.717) is 5.56 Å². The second-order valence-electron chi connectivity index (χ2n) is 9.09. The van der Waals surface area contributed by atoms with Crippen molar-refractivity contribution in [3.05, 3.63) is 72.1 Å². The fourth-order valence-corrected chi connectivity index (χ4v) is 3.99. The second-order valence-corrected chi connectivity index (χ2v) is 9.09. The topological polar surface area (TPSA) is 52.1 Å². The number of aryl methyl sites for hydroxylation is 1. The molecule has 3 aromatic rings. The minimum atomic E-state index is -0.250. The number of esters is 1. The molecule has 0 aliphatic carbocycles. The molecule has 1 aromatic heterocycles. The van der Waals surface area contributed by atoms with Crippen LogP contribution < -0.4 is 0 Å². The van der Waals surface area contributed by atoms with E-state index >= 15 is 0 Å². The van der Waals surface area contributed by atoms with Crippen LogP contribution in [0.4, 0.5) is 0 Å². The Hall–Kier alpha value is -3.01. The summed E-state index contributed by atoms with van der Waals surface area (Å²) in [4.78, 5) is 21.6. The summed E-state index contributed by atoms with van der Waals surface area (Å²) < 4.78 is 5.61. The van der Waals surface area contributed by atoms with Gasteiger partial charge in [0.05, 0.1) is 11.7 Å². The predicted molar refractivity (Wildman–Crippen MR) is 140 cm³/mol. The third-order valence-corrected chi connectivity index (χ3v) is 6.14. The van der Waals surface area contributed by atoms with Crippen molar-refractivity contribution in [2.24, 2.45) is 0 Å². The molecular weight excluding hydrogens is 420 g/mol. The lowest BCUT2D eigenvalue weighted by atomic mass is 10.0. The number of hydrogen-bond acceptors (Lipinski definition) is 4. The lowest BCUT2D eigenvalue weighted by molar-refractivity contribution is 0.0319. The Morgan fingerprint density at radius 2 is 1.32 bits per heavy atom. The van der Waals surface area contributed by atoms with Gasteiger partial charge in [0.25, 0.3) is 0 Å². The maximum Gasteiger partial charge on any atom is 0.338 e. The first kappa shape index (κ1) is 25.6. The molecule has 0 fully saturated rings. The highest BCUT2D eigenvalue weighted by atomic mass is 16.5. The third-order valence-electron chi connectivity index (χ3n) is 6.14. The minimum absolute atomic E-state index is 0.0517. The van der Waals surface area contributed by atoms with Crippen LogP contribution in [0.1, 0.15) is 88.1 Å². The Balaban J connectivity index is 1.56. The molecule has 1 heterocycles. The number of benzene rings is 2. The molecule has 2 aromatic carbocycles. The molecule has 3 rings (SSSR count). The van der Waals surface area contributed by atoms with Gasteiger partial charge in [0, 0.05) is 18.0 Å². The summed E-state index contributed by atoms with van der Waals surface area (Å²) in [5.41, 5.74) is 4.93. The highest BCUT2D eigenvalue weighted by molar-refractivity contribution is 5.90. The van der Waals surface area contributed by atoms with Gasteiger partial charge in [-0.05, 0) is 61.4 Å². The molecule has 0 saturated carbocycles. The average molecular weight is 459 g/mol. The van der Waals surface area contributed by atoms with Gasteiger partial charge in [-0.15, -0.1) is 0 Å². The number of rotatable bonds is 13. The van der Waals surface area contributed by atoms with Crippen molar-refractivity contribution in [3.8, 4) is 22.5 Å². The van der Waals surface area contributed by atoms with Crippen LogP contribution in [0.2, 0.25) is 0 Å². The second kappa shape index (κ2) is 13.6. The van der Waals surface area contributed by atoms with Crippen molar-refractivity contribution in [2.75, 3.05) is 0 Å². The van der Waals surface area contributed by atoms with Crippen LogP contribution in [0.3, 0.4) is 0 Å². The molecule has 0 amide bonds. The lowest BCUT2D eigenvalue weighted by Gasteiger charge is -2.13. The molecule has 4 heteroatoms. The average Bonchev–Trinajstić information content (AvgIpc) is 2.87. The summed E-state index contributed by atoms with van der Waals surface area (Å²) in [5.74, 6) is 0.493. The SMILES string of the molecule is CCCCCC[C@@H](C)OC(=O)c1ccc(-c2ccc(-c3ncc(CCCCC)cn3)cc2)cc1. The van der Waals surface area contributed by atoms with Crippen molar-refractivity contribution in [3.63, 3.8) is 0 Å². The van der Waals surface area contributed by atoms with Crippen LogP contribution in [-0.2, 0) is 11.2 Å². The number of aromatic nitrogens is 2. The van der Waals surface area contributed by atoms with Gasteiger partial charge < -0.3 is 4.74 Å². The molecule has 34 heavy (non-hydrogen) atoms. The zero-order valence-electron chi connectivity index (χ0n) is 20.9. The number of carbonyl (C=O) groups excluding carboxylic acids is 1. The molecular formula is C30H38N2O2. The number of hydrogen-bond donors (Lipinski definition) is 0. The maximum absolute atomic E-state index is 12.5. The van der Waals surface area contributed by atoms with Crippen LogP contribution in [-0.4, -0.2) is 22.0 Å². The van der Waals surface area contributed by atoms with Crippen molar-refractivity contribution < 1.29 is 9.53 Å². The number of ether oxygens (including phenoxy) is 1. The highest BCUT2D eigenvalue weighted by Crippen LogP contribution is 2.24. The Morgan fingerprint density at radius 1 is 0.765 bits per heavy atom. The van der Waals surface area contributed by atoms with E-state index in [-0.39, 0.29) is 12.1 Å². The minimum Gasteiger partial charge on any atom is -0.459 e. The van der Waals surface area contributed by atoms with Crippen molar-refractivity contribution in [1.82, 2.24) is 9.97 Å². The van der Waals surface area contributed by atoms with E-state index in [4.69, 9.17) is 4.74 Å². The summed E-state index contributed by atoms with van der Waals surface area (Å²) in [6, 6.07) is 15.9. The maximum atomic E-state index is 12.5. The van der Waals surface area contributed by atoms with Crippen LogP contribution in [0.5, 0.6) is 0 Å². The van der Waals surface area contributed by atoms with E-state index in [0.717, 1.165) is 41.8 Å². The smallest absolute Gasteiger partial charge is 0.338 e. The van der Waals surface area contributed by atoms with Crippen molar-refractivity contribution in [1.29, 1.82) is 0 Å². The monoisotopic (exact) mass is 458 g/mol. The molecule has 0 N–H and O–H groups in total. The van der Waals surface area contributed by atoms with Crippen LogP contribution in [0.15, 0.2) is 60.9 Å². The van der Waals surface area contributed by atoms with E-state index in [9.17, 15) is 4.79 Å². The molecule has 4 nitrogen and oxygen atoms in total. The molecule has 0 aliphatic heterocycles. The number of unbranched alkanes of at least 4 members (excludes halogenated alkanes) is 5. The quantitative estimate of drug-likeness (QED) is 0.192.